The largest absolute Gasteiger partial charge is 0.492 e. The van der Waals surface area contributed by atoms with Gasteiger partial charge in [0.15, 0.2) is 5.96 Å². The molecule has 0 spiro atoms. The van der Waals surface area contributed by atoms with E-state index < -0.39 is 0 Å². The van der Waals surface area contributed by atoms with E-state index in [4.69, 9.17) is 9.47 Å². The van der Waals surface area contributed by atoms with Crippen LogP contribution in [0.3, 0.4) is 0 Å². The minimum absolute atomic E-state index is 0. The highest BCUT2D eigenvalue weighted by molar-refractivity contribution is 14.0. The number of ether oxygens (including phenoxy) is 2. The second-order valence-corrected chi connectivity index (χ2v) is 4.44. The van der Waals surface area contributed by atoms with Gasteiger partial charge in [-0.25, -0.2) is 0 Å². The van der Waals surface area contributed by atoms with Crippen molar-refractivity contribution in [3.63, 3.8) is 0 Å². The van der Waals surface area contributed by atoms with E-state index in [1.165, 1.54) is 5.56 Å². The van der Waals surface area contributed by atoms with Gasteiger partial charge in [-0.15, -0.1) is 24.0 Å². The molecular weight excluding hydrogens is 381 g/mol. The van der Waals surface area contributed by atoms with Crippen LogP contribution >= 0.6 is 24.0 Å². The number of rotatable bonds is 8. The predicted octanol–water partition coefficient (Wildman–Crippen LogP) is 2.19. The van der Waals surface area contributed by atoms with Crippen LogP contribution in [0, 0.1) is 6.92 Å². The van der Waals surface area contributed by atoms with E-state index in [0.29, 0.717) is 13.2 Å². The SMILES string of the molecule is CN=C(NCCCOC)NCCOc1cccc(C)c1.I. The van der Waals surface area contributed by atoms with Gasteiger partial charge in [0.05, 0.1) is 6.54 Å². The Hall–Kier alpha value is -1.02. The molecule has 0 saturated carbocycles. The van der Waals surface area contributed by atoms with Crippen molar-refractivity contribution in [1.29, 1.82) is 0 Å². The zero-order valence-corrected chi connectivity index (χ0v) is 15.3. The minimum Gasteiger partial charge on any atom is -0.492 e. The van der Waals surface area contributed by atoms with Gasteiger partial charge >= 0.3 is 0 Å². The summed E-state index contributed by atoms with van der Waals surface area (Å²) in [7, 11) is 3.46. The van der Waals surface area contributed by atoms with Crippen molar-refractivity contribution in [2.45, 2.75) is 13.3 Å². The van der Waals surface area contributed by atoms with E-state index in [0.717, 1.165) is 31.3 Å². The molecule has 0 aromatic heterocycles. The molecular formula is C15H26IN3O2. The van der Waals surface area contributed by atoms with Gasteiger partial charge in [-0.05, 0) is 31.0 Å². The third-order valence-corrected chi connectivity index (χ3v) is 2.69. The van der Waals surface area contributed by atoms with Crippen LogP contribution in [0.5, 0.6) is 5.75 Å². The van der Waals surface area contributed by atoms with Crippen molar-refractivity contribution in [2.75, 3.05) is 40.5 Å². The summed E-state index contributed by atoms with van der Waals surface area (Å²) in [5.74, 6) is 1.68. The van der Waals surface area contributed by atoms with E-state index in [9.17, 15) is 0 Å². The zero-order valence-electron chi connectivity index (χ0n) is 13.0. The highest BCUT2D eigenvalue weighted by atomic mass is 127. The number of methoxy groups -OCH3 is 1. The van der Waals surface area contributed by atoms with Crippen molar-refractivity contribution >= 4 is 29.9 Å². The maximum Gasteiger partial charge on any atom is 0.191 e. The first kappa shape index (κ1) is 20.0. The molecule has 120 valence electrons. The lowest BCUT2D eigenvalue weighted by atomic mass is 10.2. The second kappa shape index (κ2) is 12.7. The van der Waals surface area contributed by atoms with Gasteiger partial charge in [-0.3, -0.25) is 4.99 Å². The summed E-state index contributed by atoms with van der Waals surface area (Å²) in [4.78, 5) is 4.14. The molecule has 0 unspecified atom stereocenters. The molecule has 0 radical (unpaired) electrons. The average molecular weight is 407 g/mol. The molecule has 21 heavy (non-hydrogen) atoms. The summed E-state index contributed by atoms with van der Waals surface area (Å²) < 4.78 is 10.7. The van der Waals surface area contributed by atoms with Crippen LogP contribution in [-0.4, -0.2) is 46.4 Å². The van der Waals surface area contributed by atoms with Crippen LogP contribution in [0.2, 0.25) is 0 Å². The summed E-state index contributed by atoms with van der Waals surface area (Å²) >= 11 is 0. The Kier molecular flexibility index (Phi) is 12.1. The Morgan fingerprint density at radius 3 is 2.62 bits per heavy atom. The fourth-order valence-electron chi connectivity index (χ4n) is 1.69. The lowest BCUT2D eigenvalue weighted by molar-refractivity contribution is 0.195. The van der Waals surface area contributed by atoms with Crippen LogP contribution in [-0.2, 0) is 4.74 Å². The number of hydrogen-bond acceptors (Lipinski definition) is 3. The van der Waals surface area contributed by atoms with Crippen LogP contribution in [0.25, 0.3) is 0 Å². The molecule has 0 heterocycles. The minimum atomic E-state index is 0. The number of nitrogens with zero attached hydrogens (tertiary/aromatic N) is 1. The number of hydrogen-bond donors (Lipinski definition) is 2. The Morgan fingerprint density at radius 2 is 1.95 bits per heavy atom. The molecule has 0 bridgehead atoms. The first-order chi connectivity index (χ1) is 9.76. The van der Waals surface area contributed by atoms with Crippen LogP contribution in [0.15, 0.2) is 29.3 Å². The predicted molar refractivity (Wildman–Crippen MR) is 97.9 cm³/mol. The van der Waals surface area contributed by atoms with Gasteiger partial charge in [0.1, 0.15) is 12.4 Å². The average Bonchev–Trinajstić information content (AvgIpc) is 2.46. The topological polar surface area (TPSA) is 54.9 Å². The fourth-order valence-corrected chi connectivity index (χ4v) is 1.69. The molecule has 6 heteroatoms. The number of nitrogens with one attached hydrogen (secondary N) is 2. The Labute approximate surface area is 144 Å². The summed E-state index contributed by atoms with van der Waals surface area (Å²) in [5, 5.41) is 6.42. The van der Waals surface area contributed by atoms with E-state index in [1.807, 2.05) is 18.2 Å². The molecule has 2 N–H and O–H groups in total. The highest BCUT2D eigenvalue weighted by Crippen LogP contribution is 2.11. The Morgan fingerprint density at radius 1 is 1.19 bits per heavy atom. The number of guanidine groups is 1. The van der Waals surface area contributed by atoms with Gasteiger partial charge < -0.3 is 20.1 Å². The van der Waals surface area contributed by atoms with Crippen molar-refractivity contribution in [2.24, 2.45) is 4.99 Å². The third-order valence-electron chi connectivity index (χ3n) is 2.69. The lowest BCUT2D eigenvalue weighted by Crippen LogP contribution is -2.39. The standard InChI is InChI=1S/C15H25N3O2.HI/c1-13-6-4-7-14(12-13)20-11-9-18-15(16-2)17-8-5-10-19-3;/h4,6-7,12H,5,8-11H2,1-3H3,(H2,16,17,18);1H. The number of halogens is 1. The number of benzene rings is 1. The molecule has 1 rings (SSSR count). The monoisotopic (exact) mass is 407 g/mol. The summed E-state index contributed by atoms with van der Waals surface area (Å²) in [6.07, 6.45) is 0.955. The van der Waals surface area contributed by atoms with Crippen LogP contribution in [0.4, 0.5) is 0 Å². The van der Waals surface area contributed by atoms with Crippen molar-refractivity contribution in [3.05, 3.63) is 29.8 Å². The first-order valence-electron chi connectivity index (χ1n) is 6.89. The van der Waals surface area contributed by atoms with Crippen molar-refractivity contribution in [1.82, 2.24) is 10.6 Å². The quantitative estimate of drug-likeness (QED) is 0.300. The molecule has 5 nitrogen and oxygen atoms in total. The molecule has 0 aliphatic heterocycles. The fraction of sp³-hybridized carbons (Fsp3) is 0.533. The molecule has 0 aliphatic carbocycles. The second-order valence-electron chi connectivity index (χ2n) is 4.44. The normalized spacial score (nSPS) is 10.7. The van der Waals surface area contributed by atoms with Gasteiger partial charge in [0, 0.05) is 27.3 Å². The number of aliphatic imine (C=N–C) groups is 1. The molecule has 0 aliphatic rings. The van der Waals surface area contributed by atoms with E-state index in [1.54, 1.807) is 14.2 Å². The van der Waals surface area contributed by atoms with Gasteiger partial charge in [0.2, 0.25) is 0 Å². The summed E-state index contributed by atoms with van der Waals surface area (Å²) in [6, 6.07) is 8.04. The molecule has 0 saturated heterocycles. The molecule has 0 amide bonds. The zero-order chi connectivity index (χ0) is 14.6. The third kappa shape index (κ3) is 9.52. The summed E-state index contributed by atoms with van der Waals surface area (Å²) in [5.41, 5.74) is 1.20. The maximum atomic E-state index is 5.66. The van der Waals surface area contributed by atoms with Gasteiger partial charge in [-0.2, -0.15) is 0 Å². The van der Waals surface area contributed by atoms with E-state index in [-0.39, 0.29) is 24.0 Å². The Balaban J connectivity index is 0.00000400. The van der Waals surface area contributed by atoms with Crippen molar-refractivity contribution in [3.8, 4) is 5.75 Å². The smallest absolute Gasteiger partial charge is 0.191 e. The number of aryl methyl sites for hydroxylation is 1. The Bertz CT molecular complexity index is 414. The lowest BCUT2D eigenvalue weighted by Gasteiger charge is -2.12. The van der Waals surface area contributed by atoms with Gasteiger partial charge in [0.25, 0.3) is 0 Å². The van der Waals surface area contributed by atoms with Crippen molar-refractivity contribution < 1.29 is 9.47 Å². The molecule has 0 atom stereocenters. The molecule has 1 aromatic rings. The summed E-state index contributed by atoms with van der Waals surface area (Å²) in [6.45, 7) is 4.95. The van der Waals surface area contributed by atoms with Crippen LogP contribution < -0.4 is 15.4 Å². The molecule has 1 aromatic carbocycles. The van der Waals surface area contributed by atoms with Gasteiger partial charge in [-0.1, -0.05) is 12.1 Å². The van der Waals surface area contributed by atoms with E-state index >= 15 is 0 Å². The highest BCUT2D eigenvalue weighted by Gasteiger charge is 1.97. The van der Waals surface area contributed by atoms with E-state index in [2.05, 4.69) is 28.6 Å². The maximum absolute atomic E-state index is 5.66. The first-order valence-corrected chi connectivity index (χ1v) is 6.89. The van der Waals surface area contributed by atoms with Crippen LogP contribution in [0.1, 0.15) is 12.0 Å². The molecule has 0 fully saturated rings.